The third-order valence-electron chi connectivity index (χ3n) is 1.12. The summed E-state index contributed by atoms with van der Waals surface area (Å²) in [6, 6.07) is 0. The van der Waals surface area contributed by atoms with Crippen LogP contribution in [0.4, 0.5) is 0 Å². The molecule has 0 aliphatic heterocycles. The van der Waals surface area contributed by atoms with Crippen molar-refractivity contribution in [2.75, 3.05) is 0 Å². The first kappa shape index (κ1) is 10.4. The summed E-state index contributed by atoms with van der Waals surface area (Å²) in [6.07, 6.45) is 3.66. The van der Waals surface area contributed by atoms with Crippen molar-refractivity contribution < 1.29 is 0 Å². The summed E-state index contributed by atoms with van der Waals surface area (Å²) in [6.45, 7) is 2.21. The van der Waals surface area contributed by atoms with Crippen LogP contribution in [0.1, 0.15) is 26.2 Å². The average Bonchev–Trinajstić information content (AvgIpc) is 1.78. The Kier molecular flexibility index (Phi) is 5.25. The second-order valence-electron chi connectivity index (χ2n) is 3.66. The Balaban J connectivity index is 3.50. The first-order valence-corrected chi connectivity index (χ1v) is 14.1. The van der Waals surface area contributed by atoms with Crippen molar-refractivity contribution in [2.24, 2.45) is 0 Å². The molecular weight excluding hydrogens is 227 g/mol. The fourth-order valence-electron chi connectivity index (χ4n) is 0.593. The summed E-state index contributed by atoms with van der Waals surface area (Å²) in [5, 5.41) is 0. The molecule has 0 aromatic carbocycles. The van der Waals surface area contributed by atoms with Gasteiger partial charge in [0, 0.05) is 0 Å². The molecule has 0 atom stereocenters. The summed E-state index contributed by atoms with van der Waals surface area (Å²) in [7, 11) is 0. The molecule has 0 unspecified atom stereocenters. The quantitative estimate of drug-likeness (QED) is 0.398. The Morgan fingerprint density at radius 1 is 1.20 bits per heavy atom. The molecule has 0 aromatic heterocycles. The molecule has 0 aromatic rings. The monoisotopic (exact) mass is 246 g/mol. The van der Waals surface area contributed by atoms with Gasteiger partial charge in [-0.15, -0.1) is 0 Å². The summed E-state index contributed by atoms with van der Waals surface area (Å²) in [5.41, 5.74) is 0. The Labute approximate surface area is 69.3 Å². The molecule has 0 nitrogen and oxygen atoms in total. The Hall–Kier alpha value is 0.359. The van der Waals surface area contributed by atoms with E-state index in [1.54, 1.807) is 0 Å². The van der Waals surface area contributed by atoms with Crippen molar-refractivity contribution in [2.45, 2.75) is 41.0 Å². The summed E-state index contributed by atoms with van der Waals surface area (Å²) in [5.74, 6) is 3.27. The molecule has 0 aliphatic rings. The van der Waals surface area contributed by atoms with Gasteiger partial charge in [-0.25, -0.2) is 0 Å². The van der Waals surface area contributed by atoms with E-state index in [2.05, 4.69) is 31.6 Å². The van der Waals surface area contributed by atoms with Gasteiger partial charge in [-0.05, 0) is 0 Å². The van der Waals surface area contributed by atoms with Crippen LogP contribution < -0.4 is 0 Å². The van der Waals surface area contributed by atoms with Crippen molar-refractivity contribution in [3.05, 3.63) is 0 Å². The molecule has 0 amide bonds. The summed E-state index contributed by atoms with van der Waals surface area (Å²) in [4.78, 5) is 7.06. The predicted octanol–water partition coefficient (Wildman–Crippen LogP) is 3.06. The van der Waals surface area contributed by atoms with E-state index < -0.39 is 18.4 Å². The summed E-state index contributed by atoms with van der Waals surface area (Å²) >= 11 is -1.71. The van der Waals surface area contributed by atoms with Crippen LogP contribution in [-0.4, -0.2) is 18.4 Å². The fourth-order valence-corrected chi connectivity index (χ4v) is 2.46. The van der Waals surface area contributed by atoms with Gasteiger partial charge in [0.1, 0.15) is 0 Å². The maximum atomic E-state index is 3.42. The van der Waals surface area contributed by atoms with Crippen LogP contribution in [0, 0.1) is 9.86 Å². The van der Waals surface area contributed by atoms with Crippen LogP contribution in [0.15, 0.2) is 0 Å². The van der Waals surface area contributed by atoms with Gasteiger partial charge >= 0.3 is 69.2 Å². The number of rotatable bonds is 2. The van der Waals surface area contributed by atoms with Crippen LogP contribution in [0.25, 0.3) is 0 Å². The zero-order chi connectivity index (χ0) is 8.04. The van der Waals surface area contributed by atoms with E-state index in [1.165, 1.54) is 12.8 Å². The van der Waals surface area contributed by atoms with Gasteiger partial charge in [-0.2, -0.15) is 0 Å². The predicted molar refractivity (Wildman–Crippen MR) is 50.6 cm³/mol. The van der Waals surface area contributed by atoms with Gasteiger partial charge in [0.05, 0.1) is 0 Å². The SMILES string of the molecule is CCCCC#[C][Sn]([CH3])([CH3])[CH3]. The zero-order valence-electron chi connectivity index (χ0n) is 7.62. The minimum atomic E-state index is -1.71. The van der Waals surface area contributed by atoms with Crippen LogP contribution in [0.2, 0.25) is 14.8 Å². The van der Waals surface area contributed by atoms with E-state index >= 15 is 0 Å². The Morgan fingerprint density at radius 3 is 2.20 bits per heavy atom. The molecular formula is C9H18Sn. The maximum absolute atomic E-state index is 3.42. The van der Waals surface area contributed by atoms with Crippen LogP contribution in [0.3, 0.4) is 0 Å². The molecule has 0 fully saturated rings. The number of hydrogen-bond donors (Lipinski definition) is 0. The average molecular weight is 245 g/mol. The molecule has 0 radical (unpaired) electrons. The molecule has 0 N–H and O–H groups in total. The zero-order valence-corrected chi connectivity index (χ0v) is 10.5. The summed E-state index contributed by atoms with van der Waals surface area (Å²) < 4.78 is 3.42. The van der Waals surface area contributed by atoms with Crippen molar-refractivity contribution in [1.29, 1.82) is 0 Å². The fraction of sp³-hybridized carbons (Fsp3) is 0.778. The third kappa shape index (κ3) is 8.36. The molecule has 0 saturated carbocycles. The molecule has 0 aliphatic carbocycles. The Morgan fingerprint density at radius 2 is 1.80 bits per heavy atom. The standard InChI is InChI=1S/C6H9.3CH3.Sn/c1-3-5-6-4-2;;;;/h3,5-6H2,1H3;3*1H3;. The second-order valence-corrected chi connectivity index (χ2v) is 17.2. The Bertz CT molecular complexity index is 131. The number of unbranched alkanes of at least 4 members (excludes halogenated alkanes) is 2. The van der Waals surface area contributed by atoms with E-state index in [9.17, 15) is 0 Å². The van der Waals surface area contributed by atoms with E-state index in [1.807, 2.05) is 0 Å². The van der Waals surface area contributed by atoms with Gasteiger partial charge in [0.2, 0.25) is 0 Å². The van der Waals surface area contributed by atoms with E-state index in [0.717, 1.165) is 6.42 Å². The molecule has 0 heterocycles. The second kappa shape index (κ2) is 5.07. The van der Waals surface area contributed by atoms with Gasteiger partial charge < -0.3 is 0 Å². The van der Waals surface area contributed by atoms with Crippen molar-refractivity contribution in [1.82, 2.24) is 0 Å². The molecule has 58 valence electrons. The van der Waals surface area contributed by atoms with Crippen LogP contribution in [-0.2, 0) is 0 Å². The molecule has 10 heavy (non-hydrogen) atoms. The van der Waals surface area contributed by atoms with Crippen molar-refractivity contribution in [3.8, 4) is 9.86 Å². The van der Waals surface area contributed by atoms with Crippen LogP contribution in [0.5, 0.6) is 0 Å². The molecule has 1 heteroatoms. The van der Waals surface area contributed by atoms with E-state index in [0.29, 0.717) is 0 Å². The van der Waals surface area contributed by atoms with Gasteiger partial charge in [0.15, 0.2) is 0 Å². The van der Waals surface area contributed by atoms with E-state index in [-0.39, 0.29) is 0 Å². The van der Waals surface area contributed by atoms with E-state index in [4.69, 9.17) is 0 Å². The van der Waals surface area contributed by atoms with Gasteiger partial charge in [-0.3, -0.25) is 0 Å². The normalized spacial score (nSPS) is 10.4. The number of hydrogen-bond acceptors (Lipinski definition) is 0. The molecule has 0 spiro atoms. The topological polar surface area (TPSA) is 0 Å². The van der Waals surface area contributed by atoms with Gasteiger partial charge in [-0.1, -0.05) is 0 Å². The third-order valence-corrected chi connectivity index (χ3v) is 3.76. The van der Waals surface area contributed by atoms with Crippen molar-refractivity contribution >= 4 is 18.4 Å². The molecule has 0 bridgehead atoms. The minimum absolute atomic E-state index is 1.12. The van der Waals surface area contributed by atoms with Crippen LogP contribution >= 0.6 is 0 Å². The first-order valence-electron chi connectivity index (χ1n) is 4.06. The molecule has 0 rings (SSSR count). The van der Waals surface area contributed by atoms with Crippen molar-refractivity contribution in [3.63, 3.8) is 0 Å². The van der Waals surface area contributed by atoms with Gasteiger partial charge in [0.25, 0.3) is 0 Å². The first-order chi connectivity index (χ1) is 4.56. The molecule has 0 saturated heterocycles.